The minimum Gasteiger partial charge on any atom is -0.382 e. The number of hydrogen-bond acceptors (Lipinski definition) is 8. The minimum atomic E-state index is 0.0262. The van der Waals surface area contributed by atoms with E-state index in [1.807, 2.05) is 30.1 Å². The Hall–Kier alpha value is -3.29. The fraction of sp³-hybridized carbons (Fsp3) is 0.188. The monoisotopic (exact) mass is 323 g/mol. The van der Waals surface area contributed by atoms with Crippen molar-refractivity contribution < 1.29 is 4.79 Å². The summed E-state index contributed by atoms with van der Waals surface area (Å²) in [7, 11) is 1.91. The minimum absolute atomic E-state index is 0.0262. The Balaban J connectivity index is 1.89. The van der Waals surface area contributed by atoms with Crippen LogP contribution in [0.3, 0.4) is 0 Å². The van der Waals surface area contributed by atoms with Gasteiger partial charge in [-0.25, -0.2) is 9.97 Å². The van der Waals surface area contributed by atoms with Crippen LogP contribution >= 0.6 is 0 Å². The maximum atomic E-state index is 11.5. The van der Waals surface area contributed by atoms with Crippen LogP contribution in [0, 0.1) is 0 Å². The van der Waals surface area contributed by atoms with Gasteiger partial charge in [-0.3, -0.25) is 4.79 Å². The molecule has 2 heterocycles. The van der Waals surface area contributed by atoms with Gasteiger partial charge in [0.1, 0.15) is 0 Å². The third kappa shape index (κ3) is 3.07. The number of rotatable bonds is 4. The number of aromatic nitrogens is 4. The fourth-order valence-corrected chi connectivity index (χ4v) is 2.36. The first kappa shape index (κ1) is 15.6. The standard InChI is InChI=1S/C16H17N7O/c1-9(24)10-4-3-5-12(6-10)23(2)8-11-7-19-15-13(20-11)14(17)21-16(18)22-15/h3-7H,8H2,1-2H3,(H4,17,18,19,21,22). The molecule has 1 aromatic carbocycles. The molecule has 0 aliphatic heterocycles. The Morgan fingerprint density at radius 2 is 2.00 bits per heavy atom. The van der Waals surface area contributed by atoms with E-state index in [0.29, 0.717) is 29.0 Å². The molecular weight excluding hydrogens is 306 g/mol. The van der Waals surface area contributed by atoms with Crippen LogP contribution in [0.5, 0.6) is 0 Å². The molecule has 4 N–H and O–H groups in total. The first-order chi connectivity index (χ1) is 11.4. The molecule has 24 heavy (non-hydrogen) atoms. The van der Waals surface area contributed by atoms with Crippen molar-refractivity contribution in [1.29, 1.82) is 0 Å². The number of nitrogen functional groups attached to an aromatic ring is 2. The van der Waals surface area contributed by atoms with Crippen LogP contribution in [-0.4, -0.2) is 32.8 Å². The van der Waals surface area contributed by atoms with Gasteiger partial charge in [-0.05, 0) is 19.1 Å². The van der Waals surface area contributed by atoms with E-state index in [1.165, 1.54) is 0 Å². The zero-order chi connectivity index (χ0) is 17.3. The summed E-state index contributed by atoms with van der Waals surface area (Å²) in [6.45, 7) is 2.04. The predicted molar refractivity (Wildman–Crippen MR) is 92.5 cm³/mol. The Kier molecular flexibility index (Phi) is 3.95. The maximum Gasteiger partial charge on any atom is 0.224 e. The summed E-state index contributed by atoms with van der Waals surface area (Å²) in [5.74, 6) is 0.298. The molecule has 0 saturated heterocycles. The van der Waals surface area contributed by atoms with E-state index in [2.05, 4.69) is 19.9 Å². The van der Waals surface area contributed by atoms with Crippen LogP contribution in [0.1, 0.15) is 23.0 Å². The first-order valence-corrected chi connectivity index (χ1v) is 7.31. The molecule has 0 aliphatic rings. The molecule has 2 aromatic heterocycles. The summed E-state index contributed by atoms with van der Waals surface area (Å²) >= 11 is 0. The highest BCUT2D eigenvalue weighted by molar-refractivity contribution is 5.95. The second kappa shape index (κ2) is 6.07. The predicted octanol–water partition coefficient (Wildman–Crippen LogP) is 1.42. The fourth-order valence-electron chi connectivity index (χ4n) is 2.36. The van der Waals surface area contributed by atoms with Gasteiger partial charge in [0.15, 0.2) is 22.8 Å². The molecule has 0 spiro atoms. The molecule has 0 amide bonds. The third-order valence-electron chi connectivity index (χ3n) is 3.59. The molecule has 8 nitrogen and oxygen atoms in total. The highest BCUT2D eigenvalue weighted by Crippen LogP contribution is 2.19. The van der Waals surface area contributed by atoms with Gasteiger partial charge in [0.2, 0.25) is 5.95 Å². The van der Waals surface area contributed by atoms with E-state index < -0.39 is 0 Å². The number of benzene rings is 1. The maximum absolute atomic E-state index is 11.5. The summed E-state index contributed by atoms with van der Waals surface area (Å²) in [6, 6.07) is 7.41. The average molecular weight is 323 g/mol. The van der Waals surface area contributed by atoms with Gasteiger partial charge in [-0.1, -0.05) is 12.1 Å². The van der Waals surface area contributed by atoms with Crippen LogP contribution in [0.2, 0.25) is 0 Å². The zero-order valence-corrected chi connectivity index (χ0v) is 13.4. The van der Waals surface area contributed by atoms with Gasteiger partial charge in [0.05, 0.1) is 18.4 Å². The highest BCUT2D eigenvalue weighted by atomic mass is 16.1. The van der Waals surface area contributed by atoms with Crippen LogP contribution in [-0.2, 0) is 6.54 Å². The second-order valence-corrected chi connectivity index (χ2v) is 5.46. The van der Waals surface area contributed by atoms with Gasteiger partial charge < -0.3 is 16.4 Å². The number of fused-ring (bicyclic) bond motifs is 1. The Morgan fingerprint density at radius 1 is 1.21 bits per heavy atom. The number of nitrogens with two attached hydrogens (primary N) is 2. The van der Waals surface area contributed by atoms with Crippen molar-refractivity contribution in [2.24, 2.45) is 0 Å². The lowest BCUT2D eigenvalue weighted by Crippen LogP contribution is -2.18. The Morgan fingerprint density at radius 3 is 2.75 bits per heavy atom. The summed E-state index contributed by atoms with van der Waals surface area (Å²) in [5, 5.41) is 0. The lowest BCUT2D eigenvalue weighted by molar-refractivity contribution is 0.101. The van der Waals surface area contributed by atoms with Crippen LogP contribution < -0.4 is 16.4 Å². The van der Waals surface area contributed by atoms with E-state index in [1.54, 1.807) is 19.2 Å². The number of anilines is 3. The van der Waals surface area contributed by atoms with Gasteiger partial charge in [-0.2, -0.15) is 9.97 Å². The highest BCUT2D eigenvalue weighted by Gasteiger charge is 2.10. The number of nitrogens with zero attached hydrogens (tertiary/aromatic N) is 5. The Labute approximate surface area is 138 Å². The lowest BCUT2D eigenvalue weighted by Gasteiger charge is -2.19. The van der Waals surface area contributed by atoms with Crippen LogP contribution in [0.4, 0.5) is 17.5 Å². The van der Waals surface area contributed by atoms with Gasteiger partial charge in [0.25, 0.3) is 0 Å². The third-order valence-corrected chi connectivity index (χ3v) is 3.59. The molecular formula is C16H17N7O. The second-order valence-electron chi connectivity index (χ2n) is 5.46. The molecule has 0 bridgehead atoms. The van der Waals surface area contributed by atoms with E-state index in [-0.39, 0.29) is 17.5 Å². The first-order valence-electron chi connectivity index (χ1n) is 7.31. The summed E-state index contributed by atoms with van der Waals surface area (Å²) in [6.07, 6.45) is 1.62. The van der Waals surface area contributed by atoms with Crippen LogP contribution in [0.25, 0.3) is 11.2 Å². The molecule has 0 aliphatic carbocycles. The van der Waals surface area contributed by atoms with Gasteiger partial charge >= 0.3 is 0 Å². The SMILES string of the molecule is CC(=O)c1cccc(N(C)Cc2cnc3nc(N)nc(N)c3n2)c1. The Bertz CT molecular complexity index is 925. The van der Waals surface area contributed by atoms with Crippen molar-refractivity contribution in [1.82, 2.24) is 19.9 Å². The largest absolute Gasteiger partial charge is 0.382 e. The van der Waals surface area contributed by atoms with Gasteiger partial charge in [0, 0.05) is 18.3 Å². The molecule has 3 rings (SSSR count). The quantitative estimate of drug-likeness (QED) is 0.691. The van der Waals surface area contributed by atoms with Crippen molar-refractivity contribution >= 4 is 34.4 Å². The average Bonchev–Trinajstić information content (AvgIpc) is 2.55. The topological polar surface area (TPSA) is 124 Å². The number of ketones is 1. The van der Waals surface area contributed by atoms with E-state index in [0.717, 1.165) is 5.69 Å². The van der Waals surface area contributed by atoms with E-state index >= 15 is 0 Å². The smallest absolute Gasteiger partial charge is 0.224 e. The molecule has 0 saturated carbocycles. The van der Waals surface area contributed by atoms with E-state index in [4.69, 9.17) is 11.5 Å². The number of hydrogen-bond donors (Lipinski definition) is 2. The van der Waals surface area contributed by atoms with Gasteiger partial charge in [-0.15, -0.1) is 0 Å². The van der Waals surface area contributed by atoms with Crippen molar-refractivity contribution in [2.75, 3.05) is 23.4 Å². The molecule has 3 aromatic rings. The van der Waals surface area contributed by atoms with E-state index in [9.17, 15) is 4.79 Å². The summed E-state index contributed by atoms with van der Waals surface area (Å²) < 4.78 is 0. The lowest BCUT2D eigenvalue weighted by atomic mass is 10.1. The van der Waals surface area contributed by atoms with Crippen LogP contribution in [0.15, 0.2) is 30.5 Å². The van der Waals surface area contributed by atoms with Crippen molar-refractivity contribution in [3.63, 3.8) is 0 Å². The number of carbonyl (C=O) groups is 1. The number of Topliss-reactive ketones (excluding diaryl/α,β-unsaturated/α-hetero) is 1. The molecule has 0 radical (unpaired) electrons. The molecule has 0 fully saturated rings. The summed E-state index contributed by atoms with van der Waals surface area (Å²) in [4.78, 5) is 30.1. The van der Waals surface area contributed by atoms with Crippen molar-refractivity contribution in [3.8, 4) is 0 Å². The molecule has 0 atom stereocenters. The normalized spacial score (nSPS) is 10.8. The van der Waals surface area contributed by atoms with Crippen molar-refractivity contribution in [3.05, 3.63) is 41.7 Å². The zero-order valence-electron chi connectivity index (χ0n) is 13.4. The van der Waals surface area contributed by atoms with Crippen molar-refractivity contribution in [2.45, 2.75) is 13.5 Å². The molecule has 0 unspecified atom stereocenters. The molecule has 122 valence electrons. The molecule has 8 heteroatoms. The number of carbonyl (C=O) groups excluding carboxylic acids is 1. The summed E-state index contributed by atoms with van der Waals surface area (Å²) in [5.41, 5.74) is 14.5.